The van der Waals surface area contributed by atoms with Crippen molar-refractivity contribution >= 4 is 28.9 Å². The maximum absolute atomic E-state index is 6.14. The van der Waals surface area contributed by atoms with Crippen LogP contribution < -0.4 is 10.6 Å². The minimum atomic E-state index is 0.364. The lowest BCUT2D eigenvalue weighted by Gasteiger charge is -2.11. The lowest BCUT2D eigenvalue weighted by molar-refractivity contribution is 0.178. The van der Waals surface area contributed by atoms with Crippen molar-refractivity contribution in [3.8, 4) is 0 Å². The first-order valence-electron chi connectivity index (χ1n) is 6.76. The van der Waals surface area contributed by atoms with E-state index in [4.69, 9.17) is 16.3 Å². The molecule has 21 heavy (non-hydrogen) atoms. The van der Waals surface area contributed by atoms with Gasteiger partial charge in [-0.2, -0.15) is 0 Å². The van der Waals surface area contributed by atoms with Gasteiger partial charge >= 0.3 is 0 Å². The van der Waals surface area contributed by atoms with E-state index in [1.54, 1.807) is 7.11 Å². The predicted molar refractivity (Wildman–Crippen MR) is 86.4 cm³/mol. The molecule has 0 saturated carbocycles. The van der Waals surface area contributed by atoms with E-state index in [0.717, 1.165) is 28.6 Å². The molecule has 0 aliphatic rings. The predicted octanol–water partition coefficient (Wildman–Crippen LogP) is 3.76. The van der Waals surface area contributed by atoms with Gasteiger partial charge in [-0.15, -0.1) is 0 Å². The molecule has 5 nitrogen and oxygen atoms in total. The van der Waals surface area contributed by atoms with Gasteiger partial charge in [-0.3, -0.25) is 0 Å². The Labute approximate surface area is 129 Å². The second kappa shape index (κ2) is 7.24. The van der Waals surface area contributed by atoms with Crippen molar-refractivity contribution < 1.29 is 4.74 Å². The molecule has 0 saturated heterocycles. The van der Waals surface area contributed by atoms with Crippen LogP contribution in [0.5, 0.6) is 0 Å². The Hall–Kier alpha value is -1.85. The number of methoxy groups -OCH3 is 1. The van der Waals surface area contributed by atoms with Crippen LogP contribution >= 0.6 is 11.6 Å². The number of nitrogens with one attached hydrogen (secondary N) is 2. The minimum absolute atomic E-state index is 0.364. The lowest BCUT2D eigenvalue weighted by atomic mass is 10.2. The van der Waals surface area contributed by atoms with Gasteiger partial charge in [0, 0.05) is 30.4 Å². The summed E-state index contributed by atoms with van der Waals surface area (Å²) in [6.45, 7) is 5.14. The van der Waals surface area contributed by atoms with E-state index in [2.05, 4.69) is 20.6 Å². The molecule has 0 bridgehead atoms. The quantitative estimate of drug-likeness (QED) is 0.851. The standard InChI is InChI=1S/C15H19ClN4O/c1-4-17-13-8-14(20-15(19-13)9-21-3)18-11-6-5-10(2)12(16)7-11/h5-8H,4,9H2,1-3H3,(H2,17,18,19,20). The molecule has 0 aliphatic heterocycles. The number of anilines is 3. The van der Waals surface area contributed by atoms with Crippen LogP contribution in [-0.4, -0.2) is 23.6 Å². The van der Waals surface area contributed by atoms with Crippen molar-refractivity contribution in [2.45, 2.75) is 20.5 Å². The molecule has 112 valence electrons. The lowest BCUT2D eigenvalue weighted by Crippen LogP contribution is -2.06. The highest BCUT2D eigenvalue weighted by atomic mass is 35.5. The van der Waals surface area contributed by atoms with Crippen molar-refractivity contribution in [1.82, 2.24) is 9.97 Å². The van der Waals surface area contributed by atoms with E-state index < -0.39 is 0 Å². The number of hydrogen-bond donors (Lipinski definition) is 2. The normalized spacial score (nSPS) is 10.5. The average Bonchev–Trinajstić information content (AvgIpc) is 2.43. The number of benzene rings is 1. The smallest absolute Gasteiger partial charge is 0.158 e. The fourth-order valence-electron chi connectivity index (χ4n) is 1.84. The number of aromatic nitrogens is 2. The molecule has 2 aromatic rings. The number of halogens is 1. The molecule has 2 rings (SSSR count). The number of aryl methyl sites for hydroxylation is 1. The van der Waals surface area contributed by atoms with Crippen LogP contribution in [0.25, 0.3) is 0 Å². The summed E-state index contributed by atoms with van der Waals surface area (Å²) in [4.78, 5) is 8.80. The number of hydrogen-bond acceptors (Lipinski definition) is 5. The van der Waals surface area contributed by atoms with E-state index in [1.165, 1.54) is 0 Å². The third-order valence-corrected chi connectivity index (χ3v) is 3.26. The van der Waals surface area contributed by atoms with Crippen LogP contribution in [-0.2, 0) is 11.3 Å². The summed E-state index contributed by atoms with van der Waals surface area (Å²) >= 11 is 6.14. The van der Waals surface area contributed by atoms with Gasteiger partial charge in [0.15, 0.2) is 5.82 Å². The number of nitrogens with zero attached hydrogens (tertiary/aromatic N) is 2. The Morgan fingerprint density at radius 2 is 1.95 bits per heavy atom. The van der Waals surface area contributed by atoms with Gasteiger partial charge in [-0.25, -0.2) is 9.97 Å². The zero-order valence-electron chi connectivity index (χ0n) is 12.4. The summed E-state index contributed by atoms with van der Waals surface area (Å²) in [5.41, 5.74) is 1.92. The molecule has 0 atom stereocenters. The third-order valence-electron chi connectivity index (χ3n) is 2.85. The molecular formula is C15H19ClN4O. The minimum Gasteiger partial charge on any atom is -0.377 e. The maximum atomic E-state index is 6.14. The molecule has 0 aliphatic carbocycles. The summed E-state index contributed by atoms with van der Waals surface area (Å²) in [6.07, 6.45) is 0. The molecule has 1 aromatic heterocycles. The highest BCUT2D eigenvalue weighted by Gasteiger charge is 2.05. The Balaban J connectivity index is 2.26. The van der Waals surface area contributed by atoms with Gasteiger partial charge in [-0.05, 0) is 31.5 Å². The number of rotatable bonds is 6. The molecule has 0 unspecified atom stereocenters. The largest absolute Gasteiger partial charge is 0.377 e. The Morgan fingerprint density at radius 3 is 2.62 bits per heavy atom. The Bertz CT molecular complexity index is 594. The molecule has 0 amide bonds. The van der Waals surface area contributed by atoms with Gasteiger partial charge in [0.2, 0.25) is 0 Å². The second-order valence-electron chi connectivity index (χ2n) is 4.61. The molecular weight excluding hydrogens is 288 g/mol. The molecule has 2 N–H and O–H groups in total. The van der Waals surface area contributed by atoms with Gasteiger partial charge in [-0.1, -0.05) is 17.7 Å². The van der Waals surface area contributed by atoms with E-state index in [1.807, 2.05) is 38.1 Å². The van der Waals surface area contributed by atoms with Crippen molar-refractivity contribution in [3.63, 3.8) is 0 Å². The highest BCUT2D eigenvalue weighted by Crippen LogP contribution is 2.23. The summed E-state index contributed by atoms with van der Waals surface area (Å²) in [7, 11) is 1.62. The monoisotopic (exact) mass is 306 g/mol. The van der Waals surface area contributed by atoms with E-state index in [0.29, 0.717) is 18.2 Å². The van der Waals surface area contributed by atoms with Crippen LogP contribution in [0.4, 0.5) is 17.3 Å². The summed E-state index contributed by atoms with van der Waals surface area (Å²) < 4.78 is 5.10. The molecule has 1 aromatic carbocycles. The molecule has 0 fully saturated rings. The highest BCUT2D eigenvalue weighted by molar-refractivity contribution is 6.31. The summed E-state index contributed by atoms with van der Waals surface area (Å²) in [6, 6.07) is 7.66. The van der Waals surface area contributed by atoms with Crippen molar-refractivity contribution in [2.24, 2.45) is 0 Å². The van der Waals surface area contributed by atoms with Crippen LogP contribution in [0.3, 0.4) is 0 Å². The fourth-order valence-corrected chi connectivity index (χ4v) is 2.03. The molecule has 6 heteroatoms. The van der Waals surface area contributed by atoms with Gasteiger partial charge < -0.3 is 15.4 Å². The fraction of sp³-hybridized carbons (Fsp3) is 0.333. The first kappa shape index (κ1) is 15.5. The maximum Gasteiger partial charge on any atom is 0.158 e. The first-order chi connectivity index (χ1) is 10.1. The van der Waals surface area contributed by atoms with E-state index in [9.17, 15) is 0 Å². The Morgan fingerprint density at radius 1 is 1.19 bits per heavy atom. The second-order valence-corrected chi connectivity index (χ2v) is 5.01. The number of ether oxygens (including phenoxy) is 1. The zero-order chi connectivity index (χ0) is 15.2. The van der Waals surface area contributed by atoms with Crippen LogP contribution in [0.1, 0.15) is 18.3 Å². The summed E-state index contributed by atoms with van der Waals surface area (Å²) in [5, 5.41) is 7.14. The molecule has 0 radical (unpaired) electrons. The Kier molecular flexibility index (Phi) is 5.36. The van der Waals surface area contributed by atoms with Crippen LogP contribution in [0.2, 0.25) is 5.02 Å². The van der Waals surface area contributed by atoms with Crippen molar-refractivity contribution in [3.05, 3.63) is 40.7 Å². The van der Waals surface area contributed by atoms with Gasteiger partial charge in [0.1, 0.15) is 18.2 Å². The third kappa shape index (κ3) is 4.31. The van der Waals surface area contributed by atoms with Gasteiger partial charge in [0.25, 0.3) is 0 Å². The van der Waals surface area contributed by atoms with E-state index >= 15 is 0 Å². The topological polar surface area (TPSA) is 59.1 Å². The SMILES string of the molecule is CCNc1cc(Nc2ccc(C)c(Cl)c2)nc(COC)n1. The van der Waals surface area contributed by atoms with Crippen LogP contribution in [0, 0.1) is 6.92 Å². The zero-order valence-corrected chi connectivity index (χ0v) is 13.2. The first-order valence-corrected chi connectivity index (χ1v) is 7.14. The molecule has 1 heterocycles. The van der Waals surface area contributed by atoms with Gasteiger partial charge in [0.05, 0.1) is 0 Å². The van der Waals surface area contributed by atoms with Crippen molar-refractivity contribution in [2.75, 3.05) is 24.3 Å². The average molecular weight is 307 g/mol. The molecule has 0 spiro atoms. The van der Waals surface area contributed by atoms with Crippen LogP contribution in [0.15, 0.2) is 24.3 Å². The van der Waals surface area contributed by atoms with Crippen molar-refractivity contribution in [1.29, 1.82) is 0 Å². The summed E-state index contributed by atoms with van der Waals surface area (Å²) in [5.74, 6) is 2.09. The van der Waals surface area contributed by atoms with E-state index in [-0.39, 0.29) is 0 Å².